The van der Waals surface area contributed by atoms with Gasteiger partial charge in [0.1, 0.15) is 0 Å². The molecule has 5 heteroatoms. The molecule has 5 nitrogen and oxygen atoms in total. The van der Waals surface area contributed by atoms with Crippen LogP contribution >= 0.6 is 0 Å². The molecule has 1 aromatic rings. The molecule has 1 heterocycles. The predicted octanol–water partition coefficient (Wildman–Crippen LogP) is 0.583. The summed E-state index contributed by atoms with van der Waals surface area (Å²) in [6.45, 7) is 3.39. The van der Waals surface area contributed by atoms with Crippen LogP contribution in [0.15, 0.2) is 4.52 Å². The quantitative estimate of drug-likeness (QED) is 0.749. The summed E-state index contributed by atoms with van der Waals surface area (Å²) in [5.41, 5.74) is 5.46. The van der Waals surface area contributed by atoms with Gasteiger partial charge in [-0.1, -0.05) is 12.1 Å². The molecule has 0 spiro atoms. The molecule has 0 fully saturated rings. The van der Waals surface area contributed by atoms with Gasteiger partial charge in [-0.2, -0.15) is 4.98 Å². The molecule has 0 saturated carbocycles. The van der Waals surface area contributed by atoms with E-state index < -0.39 is 0 Å². The zero-order valence-corrected chi connectivity index (χ0v) is 9.03. The van der Waals surface area contributed by atoms with Gasteiger partial charge in [0, 0.05) is 5.92 Å². The van der Waals surface area contributed by atoms with Crippen molar-refractivity contribution in [3.8, 4) is 0 Å². The number of rotatable bonds is 5. The minimum Gasteiger partial charge on any atom is -0.339 e. The number of nitrogens with zero attached hydrogens (tertiary/aromatic N) is 3. The molecular weight excluding hydrogens is 180 g/mol. The maximum absolute atomic E-state index is 5.46. The third-order valence-electron chi connectivity index (χ3n) is 1.96. The summed E-state index contributed by atoms with van der Waals surface area (Å²) in [4.78, 5) is 6.30. The second-order valence-corrected chi connectivity index (χ2v) is 3.77. The summed E-state index contributed by atoms with van der Waals surface area (Å²) in [6.07, 6.45) is 0.879. The molecule has 80 valence electrons. The van der Waals surface area contributed by atoms with Crippen molar-refractivity contribution in [1.82, 2.24) is 15.0 Å². The second kappa shape index (κ2) is 5.07. The average Bonchev–Trinajstić information content (AvgIpc) is 2.52. The SMILES string of the molecule is CC(CCN)c1nc(CN(C)C)no1. The van der Waals surface area contributed by atoms with Crippen LogP contribution < -0.4 is 5.73 Å². The predicted molar refractivity (Wildman–Crippen MR) is 53.8 cm³/mol. The smallest absolute Gasteiger partial charge is 0.229 e. The largest absolute Gasteiger partial charge is 0.339 e. The van der Waals surface area contributed by atoms with E-state index in [0.717, 1.165) is 12.2 Å². The topological polar surface area (TPSA) is 68.2 Å². The highest BCUT2D eigenvalue weighted by atomic mass is 16.5. The number of nitrogens with two attached hydrogens (primary N) is 1. The maximum atomic E-state index is 5.46. The van der Waals surface area contributed by atoms with Crippen LogP contribution in [0.1, 0.15) is 31.0 Å². The first-order valence-corrected chi connectivity index (χ1v) is 4.80. The molecule has 0 saturated heterocycles. The summed E-state index contributed by atoms with van der Waals surface area (Å²) in [5, 5.41) is 3.89. The van der Waals surface area contributed by atoms with E-state index in [-0.39, 0.29) is 5.92 Å². The lowest BCUT2D eigenvalue weighted by molar-refractivity contribution is 0.336. The number of hydrogen-bond donors (Lipinski definition) is 1. The van der Waals surface area contributed by atoms with Gasteiger partial charge >= 0.3 is 0 Å². The van der Waals surface area contributed by atoms with Crippen LogP contribution in [0, 0.1) is 0 Å². The van der Waals surface area contributed by atoms with E-state index in [0.29, 0.717) is 19.0 Å². The van der Waals surface area contributed by atoms with Gasteiger partial charge in [-0.25, -0.2) is 0 Å². The van der Waals surface area contributed by atoms with Crippen LogP contribution in [0.3, 0.4) is 0 Å². The van der Waals surface area contributed by atoms with E-state index in [1.807, 2.05) is 25.9 Å². The molecule has 0 aliphatic carbocycles. The Hall–Kier alpha value is -0.940. The molecule has 1 rings (SSSR count). The highest BCUT2D eigenvalue weighted by molar-refractivity contribution is 4.92. The Labute approximate surface area is 84.3 Å². The zero-order valence-electron chi connectivity index (χ0n) is 9.03. The highest BCUT2D eigenvalue weighted by Gasteiger charge is 2.13. The summed E-state index contributed by atoms with van der Waals surface area (Å²) >= 11 is 0. The number of hydrogen-bond acceptors (Lipinski definition) is 5. The van der Waals surface area contributed by atoms with Crippen molar-refractivity contribution in [3.05, 3.63) is 11.7 Å². The van der Waals surface area contributed by atoms with Crippen molar-refractivity contribution >= 4 is 0 Å². The van der Waals surface area contributed by atoms with Gasteiger partial charge in [0.25, 0.3) is 0 Å². The fourth-order valence-corrected chi connectivity index (χ4v) is 1.19. The van der Waals surface area contributed by atoms with E-state index in [1.165, 1.54) is 0 Å². The van der Waals surface area contributed by atoms with Gasteiger partial charge in [-0.05, 0) is 27.1 Å². The van der Waals surface area contributed by atoms with Crippen LogP contribution in [-0.4, -0.2) is 35.7 Å². The average molecular weight is 198 g/mol. The van der Waals surface area contributed by atoms with Crippen LogP contribution in [-0.2, 0) is 6.54 Å². The molecule has 1 atom stereocenters. The molecule has 1 aromatic heterocycles. The lowest BCUT2D eigenvalue weighted by atomic mass is 10.1. The lowest BCUT2D eigenvalue weighted by Crippen LogP contribution is -2.12. The number of aromatic nitrogens is 2. The molecular formula is C9H18N4O. The third-order valence-corrected chi connectivity index (χ3v) is 1.96. The van der Waals surface area contributed by atoms with Crippen molar-refractivity contribution in [2.24, 2.45) is 5.73 Å². The monoisotopic (exact) mass is 198 g/mol. The van der Waals surface area contributed by atoms with Crippen molar-refractivity contribution < 1.29 is 4.52 Å². The Balaban J connectivity index is 2.58. The van der Waals surface area contributed by atoms with Crippen molar-refractivity contribution in [2.75, 3.05) is 20.6 Å². The second-order valence-electron chi connectivity index (χ2n) is 3.77. The summed E-state index contributed by atoms with van der Waals surface area (Å²) < 4.78 is 5.14. The minimum atomic E-state index is 0.253. The van der Waals surface area contributed by atoms with E-state index >= 15 is 0 Å². The molecule has 1 unspecified atom stereocenters. The minimum absolute atomic E-state index is 0.253. The van der Waals surface area contributed by atoms with Crippen molar-refractivity contribution in [1.29, 1.82) is 0 Å². The Morgan fingerprint density at radius 2 is 2.21 bits per heavy atom. The molecule has 2 N–H and O–H groups in total. The standard InChI is InChI=1S/C9H18N4O/c1-7(4-5-10)9-11-8(12-14-9)6-13(2)3/h7H,4-6,10H2,1-3H3. The molecule has 14 heavy (non-hydrogen) atoms. The fourth-order valence-electron chi connectivity index (χ4n) is 1.19. The molecule has 0 aliphatic rings. The van der Waals surface area contributed by atoms with Gasteiger partial charge < -0.3 is 15.2 Å². The van der Waals surface area contributed by atoms with Crippen molar-refractivity contribution in [3.63, 3.8) is 0 Å². The molecule has 0 aromatic carbocycles. The third kappa shape index (κ3) is 3.08. The lowest BCUT2D eigenvalue weighted by Gasteiger charge is -2.04. The molecule has 0 bridgehead atoms. The van der Waals surface area contributed by atoms with E-state index in [2.05, 4.69) is 10.1 Å². The molecule has 0 aliphatic heterocycles. The van der Waals surface area contributed by atoms with E-state index in [1.54, 1.807) is 0 Å². The van der Waals surface area contributed by atoms with Gasteiger partial charge in [-0.3, -0.25) is 0 Å². The van der Waals surface area contributed by atoms with E-state index in [9.17, 15) is 0 Å². The molecule has 0 radical (unpaired) electrons. The maximum Gasteiger partial charge on any atom is 0.229 e. The van der Waals surface area contributed by atoms with Crippen LogP contribution in [0.2, 0.25) is 0 Å². The summed E-state index contributed by atoms with van der Waals surface area (Å²) in [7, 11) is 3.94. The van der Waals surface area contributed by atoms with Gasteiger partial charge in [0.05, 0.1) is 6.54 Å². The Morgan fingerprint density at radius 3 is 2.79 bits per heavy atom. The Morgan fingerprint density at radius 1 is 1.50 bits per heavy atom. The zero-order chi connectivity index (χ0) is 10.6. The first-order valence-electron chi connectivity index (χ1n) is 4.80. The van der Waals surface area contributed by atoms with E-state index in [4.69, 9.17) is 10.3 Å². The normalized spacial score (nSPS) is 13.5. The first-order chi connectivity index (χ1) is 6.63. The van der Waals surface area contributed by atoms with Crippen molar-refractivity contribution in [2.45, 2.75) is 25.8 Å². The Bertz CT molecular complexity index is 272. The molecule has 0 amide bonds. The van der Waals surface area contributed by atoms with Gasteiger partial charge in [0.2, 0.25) is 5.89 Å². The van der Waals surface area contributed by atoms with Gasteiger partial charge in [0.15, 0.2) is 5.82 Å². The van der Waals surface area contributed by atoms with Crippen LogP contribution in [0.5, 0.6) is 0 Å². The van der Waals surface area contributed by atoms with Crippen LogP contribution in [0.4, 0.5) is 0 Å². The van der Waals surface area contributed by atoms with Crippen LogP contribution in [0.25, 0.3) is 0 Å². The fraction of sp³-hybridized carbons (Fsp3) is 0.778. The van der Waals surface area contributed by atoms with Gasteiger partial charge in [-0.15, -0.1) is 0 Å². The first kappa shape index (κ1) is 11.1. The highest BCUT2D eigenvalue weighted by Crippen LogP contribution is 2.15. The summed E-state index contributed by atoms with van der Waals surface area (Å²) in [6, 6.07) is 0. The Kier molecular flexibility index (Phi) is 4.03. The summed E-state index contributed by atoms with van der Waals surface area (Å²) in [5.74, 6) is 1.67.